The minimum absolute atomic E-state index is 0.157. The summed E-state index contributed by atoms with van der Waals surface area (Å²) in [6.45, 7) is 2.53. The first-order chi connectivity index (χ1) is 11.1. The molecule has 0 fully saturated rings. The molecular formula is C12H13N5O3S2. The Morgan fingerprint density at radius 2 is 2.23 bits per heavy atom. The van der Waals surface area contributed by atoms with E-state index in [-0.39, 0.29) is 18.5 Å². The Bertz CT molecular complexity index is 868. The van der Waals surface area contributed by atoms with Crippen LogP contribution in [0.1, 0.15) is 13.9 Å². The van der Waals surface area contributed by atoms with E-state index in [1.54, 1.807) is 10.8 Å². The largest absolute Gasteiger partial charge is 0.492 e. The standard InChI is InChI=1S/C12H13N5O3S2/c1-3-19-9-7-22-10(17-12(18)16(2)14-15-17)8(9)6-20-11-13-4-5-21-11/h4-5,7H,3,6H2,1-2H3/i4T. The van der Waals surface area contributed by atoms with Crippen molar-refractivity contribution in [2.24, 2.45) is 7.05 Å². The molecule has 0 unspecified atom stereocenters. The van der Waals surface area contributed by atoms with Crippen molar-refractivity contribution < 1.29 is 10.8 Å². The molecule has 0 aliphatic carbocycles. The van der Waals surface area contributed by atoms with Crippen LogP contribution in [0.5, 0.6) is 10.9 Å². The molecule has 8 nitrogen and oxygen atoms in total. The lowest BCUT2D eigenvalue weighted by molar-refractivity contribution is 0.286. The molecule has 0 N–H and O–H groups in total. The Labute approximate surface area is 134 Å². The van der Waals surface area contributed by atoms with E-state index in [1.165, 1.54) is 34.4 Å². The SMILES string of the molecule is [3H]c1csc(OCc2c(OCC)csc2-n2nnn(C)c2=O)n1. The van der Waals surface area contributed by atoms with Crippen LogP contribution in [-0.4, -0.2) is 31.4 Å². The van der Waals surface area contributed by atoms with E-state index in [9.17, 15) is 4.79 Å². The van der Waals surface area contributed by atoms with Crippen molar-refractivity contribution in [1.82, 2.24) is 24.8 Å². The molecule has 0 radical (unpaired) electrons. The van der Waals surface area contributed by atoms with E-state index in [2.05, 4.69) is 15.4 Å². The summed E-state index contributed by atoms with van der Waals surface area (Å²) in [5.74, 6) is 0.632. The van der Waals surface area contributed by atoms with Gasteiger partial charge < -0.3 is 9.47 Å². The molecule has 0 bridgehead atoms. The van der Waals surface area contributed by atoms with Gasteiger partial charge in [0, 0.05) is 24.0 Å². The lowest BCUT2D eigenvalue weighted by atomic mass is 10.3. The highest BCUT2D eigenvalue weighted by Gasteiger charge is 2.19. The molecule has 3 aromatic rings. The van der Waals surface area contributed by atoms with Crippen LogP contribution in [0.4, 0.5) is 0 Å². The minimum atomic E-state index is -0.348. The molecular weight excluding hydrogens is 326 g/mol. The first-order valence-electron chi connectivity index (χ1n) is 6.87. The average molecular weight is 341 g/mol. The fourth-order valence-corrected chi connectivity index (χ4v) is 3.15. The predicted molar refractivity (Wildman–Crippen MR) is 82.1 cm³/mol. The van der Waals surface area contributed by atoms with Crippen LogP contribution in [0.15, 0.2) is 21.7 Å². The Morgan fingerprint density at radius 3 is 2.86 bits per heavy atom. The number of rotatable bonds is 6. The van der Waals surface area contributed by atoms with Crippen molar-refractivity contribution in [2.75, 3.05) is 6.61 Å². The summed E-state index contributed by atoms with van der Waals surface area (Å²) in [5.41, 5.74) is 0.347. The fourth-order valence-electron chi connectivity index (χ4n) is 1.77. The van der Waals surface area contributed by atoms with Gasteiger partial charge in [-0.2, -0.15) is 4.68 Å². The molecule has 116 valence electrons. The summed E-state index contributed by atoms with van der Waals surface area (Å²) in [7, 11) is 1.53. The molecule has 0 saturated heterocycles. The van der Waals surface area contributed by atoms with Crippen LogP contribution >= 0.6 is 22.7 Å². The number of aryl methyl sites for hydroxylation is 1. The highest BCUT2D eigenvalue weighted by molar-refractivity contribution is 7.13. The summed E-state index contributed by atoms with van der Waals surface area (Å²) in [4.78, 5) is 16.0. The van der Waals surface area contributed by atoms with Gasteiger partial charge in [-0.15, -0.1) is 16.0 Å². The van der Waals surface area contributed by atoms with Crippen molar-refractivity contribution in [3.05, 3.63) is 33.0 Å². The second-order valence-corrected chi connectivity index (χ2v) is 5.82. The molecule has 22 heavy (non-hydrogen) atoms. The first-order valence-corrected chi connectivity index (χ1v) is 8.13. The van der Waals surface area contributed by atoms with Gasteiger partial charge >= 0.3 is 5.69 Å². The first kappa shape index (κ1) is 13.5. The van der Waals surface area contributed by atoms with Gasteiger partial charge in [0.15, 0.2) is 0 Å². The molecule has 0 saturated carbocycles. The van der Waals surface area contributed by atoms with Crippen molar-refractivity contribution in [3.63, 3.8) is 0 Å². The van der Waals surface area contributed by atoms with E-state index in [4.69, 9.17) is 10.8 Å². The van der Waals surface area contributed by atoms with Crippen LogP contribution in [0, 0.1) is 0 Å². The van der Waals surface area contributed by atoms with Crippen LogP contribution in [0.2, 0.25) is 0 Å². The van der Waals surface area contributed by atoms with Gasteiger partial charge in [0.25, 0.3) is 5.19 Å². The summed E-state index contributed by atoms with van der Waals surface area (Å²) in [6.07, 6.45) is 0.158. The molecule has 3 aromatic heterocycles. The molecule has 0 atom stereocenters. The lowest BCUT2D eigenvalue weighted by Gasteiger charge is -2.07. The number of thiophene rings is 1. The van der Waals surface area contributed by atoms with Crippen LogP contribution in [-0.2, 0) is 13.7 Å². The molecule has 0 spiro atoms. The fraction of sp³-hybridized carbons (Fsp3) is 0.333. The number of hydrogen-bond donors (Lipinski definition) is 0. The van der Waals surface area contributed by atoms with E-state index in [0.29, 0.717) is 28.1 Å². The third kappa shape index (κ3) is 2.74. The van der Waals surface area contributed by atoms with Crippen molar-refractivity contribution in [1.29, 1.82) is 0 Å². The maximum Gasteiger partial charge on any atom is 0.368 e. The van der Waals surface area contributed by atoms with Gasteiger partial charge in [-0.1, -0.05) is 11.3 Å². The molecule has 0 aliphatic rings. The third-order valence-corrected chi connectivity index (χ3v) is 4.36. The Morgan fingerprint density at radius 1 is 1.36 bits per heavy atom. The second kappa shape index (κ2) is 6.28. The maximum absolute atomic E-state index is 12.1. The van der Waals surface area contributed by atoms with Crippen molar-refractivity contribution in [2.45, 2.75) is 13.5 Å². The number of aromatic nitrogens is 5. The molecule has 3 rings (SSSR count). The zero-order valence-corrected chi connectivity index (χ0v) is 13.5. The minimum Gasteiger partial charge on any atom is -0.492 e. The Balaban J connectivity index is 1.94. The van der Waals surface area contributed by atoms with Crippen molar-refractivity contribution in [3.8, 4) is 15.9 Å². The van der Waals surface area contributed by atoms with Gasteiger partial charge in [-0.3, -0.25) is 0 Å². The summed E-state index contributed by atoms with van der Waals surface area (Å²) >= 11 is 2.57. The molecule has 0 aromatic carbocycles. The highest BCUT2D eigenvalue weighted by atomic mass is 32.1. The van der Waals surface area contributed by atoms with E-state index >= 15 is 0 Å². The van der Waals surface area contributed by atoms with Crippen LogP contribution in [0.25, 0.3) is 5.00 Å². The van der Waals surface area contributed by atoms with Gasteiger partial charge in [0.05, 0.1) is 13.5 Å². The lowest BCUT2D eigenvalue weighted by Crippen LogP contribution is -2.22. The number of tetrazole rings is 1. The van der Waals surface area contributed by atoms with E-state index in [0.717, 1.165) is 4.68 Å². The molecule has 0 amide bonds. The van der Waals surface area contributed by atoms with E-state index in [1.807, 2.05) is 6.92 Å². The van der Waals surface area contributed by atoms with Gasteiger partial charge in [-0.25, -0.2) is 9.78 Å². The quantitative estimate of drug-likeness (QED) is 0.675. The molecule has 3 heterocycles. The maximum atomic E-state index is 12.1. The normalized spacial score (nSPS) is 11.5. The van der Waals surface area contributed by atoms with Gasteiger partial charge in [0.1, 0.15) is 17.4 Å². The average Bonchev–Trinajstić information content (AvgIpc) is 3.20. The molecule has 10 heteroatoms. The number of thiazole rings is 1. The van der Waals surface area contributed by atoms with Gasteiger partial charge in [-0.05, 0) is 17.4 Å². The Kier molecular flexibility index (Phi) is 3.84. The number of hydrogen-bond acceptors (Lipinski definition) is 8. The van der Waals surface area contributed by atoms with Crippen LogP contribution in [0.3, 0.4) is 0 Å². The monoisotopic (exact) mass is 341 g/mol. The zero-order valence-electron chi connectivity index (χ0n) is 12.8. The second-order valence-electron chi connectivity index (χ2n) is 4.14. The Hall–Kier alpha value is -2.20. The smallest absolute Gasteiger partial charge is 0.368 e. The van der Waals surface area contributed by atoms with Crippen molar-refractivity contribution >= 4 is 22.7 Å². The third-order valence-electron chi connectivity index (χ3n) is 2.76. The predicted octanol–water partition coefficient (Wildman–Crippen LogP) is 1.46. The summed E-state index contributed by atoms with van der Waals surface area (Å²) < 4.78 is 21.0. The molecule has 0 aliphatic heterocycles. The van der Waals surface area contributed by atoms with Gasteiger partial charge in [0.2, 0.25) is 0 Å². The number of nitrogens with zero attached hydrogens (tertiary/aromatic N) is 5. The van der Waals surface area contributed by atoms with E-state index < -0.39 is 0 Å². The number of ether oxygens (including phenoxy) is 2. The summed E-state index contributed by atoms with van der Waals surface area (Å²) in [6, 6.07) is 0. The summed E-state index contributed by atoms with van der Waals surface area (Å²) in [5, 5.41) is 11.9. The van der Waals surface area contributed by atoms with Crippen LogP contribution < -0.4 is 15.2 Å². The topological polar surface area (TPSA) is 84.1 Å². The zero-order chi connectivity index (χ0) is 16.4. The highest BCUT2D eigenvalue weighted by Crippen LogP contribution is 2.32.